The van der Waals surface area contributed by atoms with Gasteiger partial charge in [-0.3, -0.25) is 0 Å². The van der Waals surface area contributed by atoms with Crippen LogP contribution in [0.5, 0.6) is 0 Å². The lowest BCUT2D eigenvalue weighted by Gasteiger charge is -2.20. The van der Waals surface area contributed by atoms with Crippen molar-refractivity contribution in [2.45, 2.75) is 26.2 Å². The van der Waals surface area contributed by atoms with E-state index in [4.69, 9.17) is 0 Å². The Morgan fingerprint density at radius 1 is 1.23 bits per heavy atom. The summed E-state index contributed by atoms with van der Waals surface area (Å²) in [5.41, 5.74) is 1.25. The van der Waals surface area contributed by atoms with E-state index in [1.165, 1.54) is 5.56 Å². The highest BCUT2D eigenvalue weighted by atomic mass is 16.3. The topological polar surface area (TPSA) is 20.2 Å². The van der Waals surface area contributed by atoms with Crippen molar-refractivity contribution in [3.63, 3.8) is 0 Å². The molecule has 0 amide bonds. The number of benzene rings is 1. The Kier molecular flexibility index (Phi) is 3.97. The number of aliphatic hydroxyl groups is 1. The molecule has 0 saturated heterocycles. The molecule has 0 heterocycles. The molecule has 0 spiro atoms. The molecular formula is C12H18O. The molecule has 0 saturated carbocycles. The van der Waals surface area contributed by atoms with E-state index in [1.54, 1.807) is 0 Å². The minimum absolute atomic E-state index is 0.249. The van der Waals surface area contributed by atoms with Gasteiger partial charge in [-0.05, 0) is 11.5 Å². The number of aliphatic hydroxyl groups excluding tert-OH is 1. The maximum absolute atomic E-state index is 9.28. The van der Waals surface area contributed by atoms with Crippen molar-refractivity contribution in [3.8, 4) is 0 Å². The Morgan fingerprint density at radius 2 is 1.85 bits per heavy atom. The van der Waals surface area contributed by atoms with E-state index in [-0.39, 0.29) is 6.61 Å². The number of hydrogen-bond acceptors (Lipinski definition) is 1. The largest absolute Gasteiger partial charge is 0.396 e. The highest BCUT2D eigenvalue weighted by Crippen LogP contribution is 2.25. The van der Waals surface area contributed by atoms with E-state index in [2.05, 4.69) is 26.0 Å². The molecule has 1 aromatic rings. The molecule has 0 aromatic heterocycles. The Bertz CT molecular complexity index is 230. The lowest BCUT2D eigenvalue weighted by molar-refractivity contribution is 0.229. The second kappa shape index (κ2) is 5.03. The fraction of sp³-hybridized carbons (Fsp3) is 0.500. The van der Waals surface area contributed by atoms with Gasteiger partial charge in [0.1, 0.15) is 0 Å². The molecular weight excluding hydrogens is 160 g/mol. The van der Waals surface area contributed by atoms with Crippen LogP contribution in [0.2, 0.25) is 0 Å². The first-order valence-electron chi connectivity index (χ1n) is 4.95. The van der Waals surface area contributed by atoms with Gasteiger partial charge in [0, 0.05) is 5.92 Å². The Balaban J connectivity index is 2.78. The van der Waals surface area contributed by atoms with Crippen LogP contribution in [0, 0.1) is 5.92 Å². The summed E-state index contributed by atoms with van der Waals surface area (Å²) in [5, 5.41) is 9.28. The van der Waals surface area contributed by atoms with Crippen LogP contribution in [-0.4, -0.2) is 11.7 Å². The first-order valence-corrected chi connectivity index (χ1v) is 4.95. The third kappa shape index (κ3) is 2.56. The maximum atomic E-state index is 9.28. The molecule has 0 fully saturated rings. The zero-order chi connectivity index (χ0) is 9.68. The van der Waals surface area contributed by atoms with Crippen molar-refractivity contribution in [2.75, 3.05) is 6.61 Å². The van der Waals surface area contributed by atoms with Crippen LogP contribution in [0.3, 0.4) is 0 Å². The van der Waals surface area contributed by atoms with Crippen LogP contribution in [0.4, 0.5) is 0 Å². The van der Waals surface area contributed by atoms with E-state index in [1.807, 2.05) is 18.2 Å². The van der Waals surface area contributed by atoms with Crippen molar-refractivity contribution in [2.24, 2.45) is 5.92 Å². The summed E-state index contributed by atoms with van der Waals surface area (Å²) in [5.74, 6) is 0.846. The van der Waals surface area contributed by atoms with Crippen LogP contribution in [0.15, 0.2) is 30.3 Å². The Hall–Kier alpha value is -0.820. The zero-order valence-corrected chi connectivity index (χ0v) is 8.40. The van der Waals surface area contributed by atoms with Gasteiger partial charge in [-0.15, -0.1) is 0 Å². The van der Waals surface area contributed by atoms with Gasteiger partial charge in [0.2, 0.25) is 0 Å². The second-order valence-electron chi connectivity index (χ2n) is 3.59. The standard InChI is InChI=1S/C12H18O/c1-3-10(2)12(9-13)11-7-5-4-6-8-11/h4-8,10,12-13H,3,9H2,1-2H3/t10-,12+/m1/s1. The molecule has 0 aliphatic carbocycles. The predicted molar refractivity (Wildman–Crippen MR) is 55.7 cm³/mol. The zero-order valence-electron chi connectivity index (χ0n) is 8.40. The van der Waals surface area contributed by atoms with Crippen LogP contribution in [-0.2, 0) is 0 Å². The van der Waals surface area contributed by atoms with Gasteiger partial charge in [-0.1, -0.05) is 50.6 Å². The monoisotopic (exact) mass is 178 g/mol. The summed E-state index contributed by atoms with van der Waals surface area (Å²) in [7, 11) is 0. The van der Waals surface area contributed by atoms with E-state index in [0.29, 0.717) is 11.8 Å². The fourth-order valence-corrected chi connectivity index (χ4v) is 1.60. The fourth-order valence-electron chi connectivity index (χ4n) is 1.60. The lowest BCUT2D eigenvalue weighted by atomic mass is 9.86. The smallest absolute Gasteiger partial charge is 0.0502 e. The maximum Gasteiger partial charge on any atom is 0.0502 e. The normalized spacial score (nSPS) is 15.3. The van der Waals surface area contributed by atoms with Gasteiger partial charge in [-0.25, -0.2) is 0 Å². The first-order chi connectivity index (χ1) is 6.29. The van der Waals surface area contributed by atoms with Crippen molar-refractivity contribution in [1.82, 2.24) is 0 Å². The van der Waals surface area contributed by atoms with Crippen LogP contribution in [0.25, 0.3) is 0 Å². The summed E-state index contributed by atoms with van der Waals surface area (Å²) in [4.78, 5) is 0. The first kappa shape index (κ1) is 10.3. The number of hydrogen-bond donors (Lipinski definition) is 1. The Morgan fingerprint density at radius 3 is 2.31 bits per heavy atom. The van der Waals surface area contributed by atoms with E-state index >= 15 is 0 Å². The molecule has 0 bridgehead atoms. The molecule has 1 heteroatoms. The van der Waals surface area contributed by atoms with E-state index < -0.39 is 0 Å². The third-order valence-electron chi connectivity index (χ3n) is 2.76. The predicted octanol–water partition coefficient (Wildman–Crippen LogP) is 2.81. The summed E-state index contributed by atoms with van der Waals surface area (Å²) in [6.45, 7) is 4.60. The van der Waals surface area contributed by atoms with Gasteiger partial charge >= 0.3 is 0 Å². The summed E-state index contributed by atoms with van der Waals surface area (Å²) < 4.78 is 0. The average molecular weight is 178 g/mol. The molecule has 2 atom stereocenters. The van der Waals surface area contributed by atoms with Gasteiger partial charge in [0.25, 0.3) is 0 Å². The van der Waals surface area contributed by atoms with E-state index in [9.17, 15) is 5.11 Å². The van der Waals surface area contributed by atoms with Crippen LogP contribution < -0.4 is 0 Å². The van der Waals surface area contributed by atoms with Crippen molar-refractivity contribution in [1.29, 1.82) is 0 Å². The molecule has 13 heavy (non-hydrogen) atoms. The molecule has 0 radical (unpaired) electrons. The molecule has 1 rings (SSSR count). The van der Waals surface area contributed by atoms with Crippen molar-refractivity contribution < 1.29 is 5.11 Å². The van der Waals surface area contributed by atoms with Crippen molar-refractivity contribution >= 4 is 0 Å². The quantitative estimate of drug-likeness (QED) is 0.751. The SMILES string of the molecule is CC[C@@H](C)[C@H](CO)c1ccccc1. The number of rotatable bonds is 4. The summed E-state index contributed by atoms with van der Waals surface area (Å²) in [6, 6.07) is 10.2. The van der Waals surface area contributed by atoms with E-state index in [0.717, 1.165) is 6.42 Å². The van der Waals surface area contributed by atoms with Gasteiger partial charge < -0.3 is 5.11 Å². The molecule has 0 aliphatic rings. The van der Waals surface area contributed by atoms with Crippen molar-refractivity contribution in [3.05, 3.63) is 35.9 Å². The second-order valence-corrected chi connectivity index (χ2v) is 3.59. The highest BCUT2D eigenvalue weighted by molar-refractivity contribution is 5.20. The minimum Gasteiger partial charge on any atom is -0.396 e. The van der Waals surface area contributed by atoms with Crippen LogP contribution in [0.1, 0.15) is 31.7 Å². The summed E-state index contributed by atoms with van der Waals surface area (Å²) >= 11 is 0. The molecule has 1 aromatic carbocycles. The summed E-state index contributed by atoms with van der Waals surface area (Å²) in [6.07, 6.45) is 1.11. The minimum atomic E-state index is 0.249. The molecule has 1 N–H and O–H groups in total. The molecule has 1 nitrogen and oxygen atoms in total. The van der Waals surface area contributed by atoms with Gasteiger partial charge in [0.15, 0.2) is 0 Å². The van der Waals surface area contributed by atoms with Gasteiger partial charge in [0.05, 0.1) is 6.61 Å². The highest BCUT2D eigenvalue weighted by Gasteiger charge is 2.15. The molecule has 0 unspecified atom stereocenters. The average Bonchev–Trinajstić information content (AvgIpc) is 2.20. The lowest BCUT2D eigenvalue weighted by Crippen LogP contribution is -2.12. The Labute approximate surface area is 80.4 Å². The molecule has 72 valence electrons. The molecule has 0 aliphatic heterocycles. The van der Waals surface area contributed by atoms with Crippen LogP contribution >= 0.6 is 0 Å². The van der Waals surface area contributed by atoms with Gasteiger partial charge in [-0.2, -0.15) is 0 Å². The third-order valence-corrected chi connectivity index (χ3v) is 2.76.